The van der Waals surface area contributed by atoms with Gasteiger partial charge in [-0.25, -0.2) is 4.48 Å². The van der Waals surface area contributed by atoms with Crippen LogP contribution < -0.4 is 5.11 Å². The standard InChI is InChI=1S/C14H26N2O3/c1-9-10(17)15(8)11(13(2,3)4)16(9,12(18)19)14(5,6)7/h9,11H,1-8H3. The zero-order valence-electron chi connectivity index (χ0n) is 13.3. The minimum atomic E-state index is -1.18. The Balaban J connectivity index is 3.65. The average Bonchev–Trinajstić information content (AvgIpc) is 2.37. The van der Waals surface area contributed by atoms with E-state index in [2.05, 4.69) is 0 Å². The third-order valence-corrected chi connectivity index (χ3v) is 4.26. The molecule has 0 N–H and O–H groups in total. The van der Waals surface area contributed by atoms with Crippen molar-refractivity contribution in [3.05, 3.63) is 0 Å². The van der Waals surface area contributed by atoms with Crippen LogP contribution in [0.4, 0.5) is 4.79 Å². The molecule has 1 aliphatic rings. The number of likely N-dealkylation sites (N-methyl/N-ethyl adjacent to an activating group) is 1. The second-order valence-electron chi connectivity index (χ2n) is 7.58. The molecule has 1 aliphatic heterocycles. The maximum atomic E-state index is 12.3. The topological polar surface area (TPSA) is 60.4 Å². The van der Waals surface area contributed by atoms with Gasteiger partial charge >= 0.3 is 0 Å². The Bertz CT molecular complexity index is 406. The summed E-state index contributed by atoms with van der Waals surface area (Å²) >= 11 is 0. The van der Waals surface area contributed by atoms with Crippen molar-refractivity contribution in [2.24, 2.45) is 5.41 Å². The molecule has 2 amide bonds. The maximum absolute atomic E-state index is 12.3. The zero-order chi connectivity index (χ0) is 15.4. The molecule has 1 saturated heterocycles. The molecular formula is C14H26N2O3. The summed E-state index contributed by atoms with van der Waals surface area (Å²) in [5.41, 5.74) is -0.987. The summed E-state index contributed by atoms with van der Waals surface area (Å²) in [5, 5.41) is 12.0. The quantitative estimate of drug-likeness (QED) is 0.621. The van der Waals surface area contributed by atoms with Crippen molar-refractivity contribution in [2.75, 3.05) is 7.05 Å². The van der Waals surface area contributed by atoms with Crippen LogP contribution in [0.1, 0.15) is 48.5 Å². The van der Waals surface area contributed by atoms with Crippen LogP contribution in [0.15, 0.2) is 0 Å². The van der Waals surface area contributed by atoms with E-state index >= 15 is 0 Å². The minimum Gasteiger partial charge on any atom is -0.498 e. The van der Waals surface area contributed by atoms with Crippen LogP contribution in [-0.2, 0) is 4.79 Å². The van der Waals surface area contributed by atoms with E-state index in [1.807, 2.05) is 41.5 Å². The number of nitrogens with zero attached hydrogens (tertiary/aromatic N) is 2. The molecule has 0 aliphatic carbocycles. The van der Waals surface area contributed by atoms with E-state index in [0.717, 1.165) is 0 Å². The van der Waals surface area contributed by atoms with E-state index in [0.29, 0.717) is 0 Å². The molecule has 0 aromatic heterocycles. The van der Waals surface area contributed by atoms with Gasteiger partial charge in [0.2, 0.25) is 0 Å². The largest absolute Gasteiger partial charge is 0.498 e. The second kappa shape index (κ2) is 4.20. The molecule has 3 atom stereocenters. The van der Waals surface area contributed by atoms with Gasteiger partial charge in [0.05, 0.1) is 5.54 Å². The summed E-state index contributed by atoms with van der Waals surface area (Å²) in [6.07, 6.45) is -1.63. The van der Waals surface area contributed by atoms with E-state index in [9.17, 15) is 14.7 Å². The van der Waals surface area contributed by atoms with Crippen molar-refractivity contribution in [3.8, 4) is 0 Å². The van der Waals surface area contributed by atoms with Crippen molar-refractivity contribution in [1.82, 2.24) is 4.90 Å². The van der Waals surface area contributed by atoms with Gasteiger partial charge in [0.25, 0.3) is 12.0 Å². The molecule has 0 aromatic carbocycles. The summed E-state index contributed by atoms with van der Waals surface area (Å²) in [6, 6.07) is -0.640. The molecular weight excluding hydrogens is 244 g/mol. The molecule has 5 nitrogen and oxygen atoms in total. The van der Waals surface area contributed by atoms with Crippen LogP contribution in [0, 0.1) is 5.41 Å². The van der Waals surface area contributed by atoms with Crippen LogP contribution in [0.5, 0.6) is 0 Å². The Kier molecular flexibility index (Phi) is 3.53. The predicted molar refractivity (Wildman–Crippen MR) is 70.9 cm³/mol. The van der Waals surface area contributed by atoms with Gasteiger partial charge in [-0.3, -0.25) is 9.69 Å². The van der Waals surface area contributed by atoms with Crippen molar-refractivity contribution in [1.29, 1.82) is 0 Å². The first-order valence-corrected chi connectivity index (χ1v) is 6.66. The highest BCUT2D eigenvalue weighted by atomic mass is 16.4. The number of amides is 2. The molecule has 1 rings (SSSR count). The fraction of sp³-hybridized carbons (Fsp3) is 0.857. The SMILES string of the molecule is CC1C(=O)N(C)C(C(C)(C)C)[N+]1(C(=O)[O-])C(C)(C)C. The number of quaternary nitrogens is 1. The Morgan fingerprint density at radius 3 is 1.84 bits per heavy atom. The molecule has 0 aromatic rings. The van der Waals surface area contributed by atoms with E-state index < -0.39 is 23.8 Å². The highest BCUT2D eigenvalue weighted by molar-refractivity contribution is 5.84. The van der Waals surface area contributed by atoms with E-state index in [-0.39, 0.29) is 15.8 Å². The summed E-state index contributed by atoms with van der Waals surface area (Å²) < 4.78 is -0.355. The average molecular weight is 270 g/mol. The van der Waals surface area contributed by atoms with Crippen LogP contribution in [0.2, 0.25) is 0 Å². The Morgan fingerprint density at radius 1 is 1.21 bits per heavy atom. The lowest BCUT2D eigenvalue weighted by atomic mass is 9.86. The Hall–Kier alpha value is -1.10. The van der Waals surface area contributed by atoms with Gasteiger partial charge < -0.3 is 9.90 Å². The lowest BCUT2D eigenvalue weighted by Gasteiger charge is -2.54. The maximum Gasteiger partial charge on any atom is 0.285 e. The zero-order valence-corrected chi connectivity index (χ0v) is 13.3. The van der Waals surface area contributed by atoms with Crippen LogP contribution >= 0.6 is 0 Å². The Labute approximate surface area is 115 Å². The predicted octanol–water partition coefficient (Wildman–Crippen LogP) is 1.18. The number of carbonyl (C=O) groups is 2. The van der Waals surface area contributed by atoms with Gasteiger partial charge in [0.1, 0.15) is 0 Å². The monoisotopic (exact) mass is 270 g/mol. The first-order chi connectivity index (χ1) is 8.29. The van der Waals surface area contributed by atoms with Gasteiger partial charge in [0.15, 0.2) is 12.2 Å². The number of rotatable bonds is 0. The molecule has 3 unspecified atom stereocenters. The summed E-state index contributed by atoms with van der Waals surface area (Å²) in [5.74, 6) is -0.140. The van der Waals surface area contributed by atoms with E-state index in [4.69, 9.17) is 0 Å². The molecule has 0 radical (unpaired) electrons. The molecule has 0 saturated carbocycles. The second-order valence-corrected chi connectivity index (χ2v) is 7.58. The van der Waals surface area contributed by atoms with Gasteiger partial charge in [-0.15, -0.1) is 0 Å². The van der Waals surface area contributed by atoms with Crippen LogP contribution in [-0.4, -0.2) is 46.2 Å². The van der Waals surface area contributed by atoms with Crippen molar-refractivity contribution >= 4 is 12.0 Å². The molecule has 1 heterocycles. The number of carboxylic acid groups (broad SMARTS) is 1. The highest BCUT2D eigenvalue weighted by Gasteiger charge is 2.66. The molecule has 0 spiro atoms. The molecule has 5 heteroatoms. The van der Waals surface area contributed by atoms with Gasteiger partial charge in [-0.05, 0) is 27.7 Å². The van der Waals surface area contributed by atoms with E-state index in [1.165, 1.54) is 0 Å². The van der Waals surface area contributed by atoms with Crippen molar-refractivity contribution in [3.63, 3.8) is 0 Å². The van der Waals surface area contributed by atoms with Gasteiger partial charge in [-0.1, -0.05) is 20.8 Å². The molecule has 19 heavy (non-hydrogen) atoms. The van der Waals surface area contributed by atoms with Gasteiger partial charge in [0, 0.05) is 12.5 Å². The minimum absolute atomic E-state index is 0.140. The van der Waals surface area contributed by atoms with Crippen molar-refractivity contribution < 1.29 is 19.2 Å². The molecule has 1 fully saturated rings. The molecule has 0 bridgehead atoms. The van der Waals surface area contributed by atoms with E-state index in [1.54, 1.807) is 18.9 Å². The number of hydrogen-bond acceptors (Lipinski definition) is 3. The number of hydrogen-bond donors (Lipinski definition) is 0. The normalized spacial score (nSPS) is 32.8. The first-order valence-electron chi connectivity index (χ1n) is 6.66. The smallest absolute Gasteiger partial charge is 0.285 e. The van der Waals surface area contributed by atoms with Crippen LogP contribution in [0.3, 0.4) is 0 Å². The third-order valence-electron chi connectivity index (χ3n) is 4.26. The Morgan fingerprint density at radius 2 is 1.63 bits per heavy atom. The fourth-order valence-electron chi connectivity index (χ4n) is 3.75. The van der Waals surface area contributed by atoms with Gasteiger partial charge in [-0.2, -0.15) is 0 Å². The highest BCUT2D eigenvalue weighted by Crippen LogP contribution is 2.45. The lowest BCUT2D eigenvalue weighted by Crippen LogP contribution is -2.75. The third kappa shape index (κ3) is 1.95. The summed E-state index contributed by atoms with van der Waals surface area (Å²) in [7, 11) is 1.68. The summed E-state index contributed by atoms with van der Waals surface area (Å²) in [6.45, 7) is 13.1. The lowest BCUT2D eigenvalue weighted by molar-refractivity contribution is -0.957. The van der Waals surface area contributed by atoms with Crippen LogP contribution in [0.25, 0.3) is 0 Å². The fourth-order valence-corrected chi connectivity index (χ4v) is 3.75. The summed E-state index contributed by atoms with van der Waals surface area (Å²) in [4.78, 5) is 25.9. The number of carbonyl (C=O) groups excluding carboxylic acids is 2. The molecule has 110 valence electrons. The first kappa shape index (κ1) is 16.0. The van der Waals surface area contributed by atoms with Crippen molar-refractivity contribution in [2.45, 2.75) is 66.2 Å².